The van der Waals surface area contributed by atoms with E-state index in [1.807, 2.05) is 6.08 Å². The SMILES string of the molecule is CCCCCCC=CCCCCCCCC(=O)OC[C@H](COP(=O)(O)OCCN)OC(=O)CCCC=CCC=CCC=CCCCCCCCC. The van der Waals surface area contributed by atoms with E-state index in [9.17, 15) is 19.0 Å². The van der Waals surface area contributed by atoms with Crippen LogP contribution in [-0.4, -0.2) is 49.3 Å². The topological polar surface area (TPSA) is 134 Å². The number of hydrogen-bond acceptors (Lipinski definition) is 8. The van der Waals surface area contributed by atoms with Crippen molar-refractivity contribution in [2.75, 3.05) is 26.4 Å². The van der Waals surface area contributed by atoms with Gasteiger partial charge >= 0.3 is 19.8 Å². The highest BCUT2D eigenvalue weighted by atomic mass is 31.2. The van der Waals surface area contributed by atoms with Gasteiger partial charge in [0.25, 0.3) is 0 Å². The molecule has 0 aliphatic heterocycles. The van der Waals surface area contributed by atoms with Gasteiger partial charge in [0.1, 0.15) is 6.61 Å². The van der Waals surface area contributed by atoms with Crippen molar-refractivity contribution in [1.82, 2.24) is 0 Å². The van der Waals surface area contributed by atoms with E-state index in [0.29, 0.717) is 19.3 Å². The Kier molecular flexibility index (Phi) is 36.2. The Morgan fingerprint density at radius 3 is 1.61 bits per heavy atom. The Labute approximate surface area is 311 Å². The van der Waals surface area contributed by atoms with Crippen molar-refractivity contribution in [2.24, 2.45) is 5.73 Å². The highest BCUT2D eigenvalue weighted by molar-refractivity contribution is 7.47. The number of phosphoric ester groups is 1. The van der Waals surface area contributed by atoms with E-state index in [1.54, 1.807) is 0 Å². The minimum absolute atomic E-state index is 0.0433. The normalized spacial score (nSPS) is 13.9. The number of ether oxygens (including phenoxy) is 2. The van der Waals surface area contributed by atoms with E-state index in [4.69, 9.17) is 24.3 Å². The molecule has 3 N–H and O–H groups in total. The molecule has 9 nitrogen and oxygen atoms in total. The van der Waals surface area contributed by atoms with Gasteiger partial charge in [-0.2, -0.15) is 0 Å². The fourth-order valence-corrected chi connectivity index (χ4v) is 5.94. The fraction of sp³-hybridized carbons (Fsp3) is 0.756. The number of phosphoric acid groups is 1. The van der Waals surface area contributed by atoms with Gasteiger partial charge in [-0.3, -0.25) is 18.6 Å². The molecule has 51 heavy (non-hydrogen) atoms. The van der Waals surface area contributed by atoms with Gasteiger partial charge in [-0.15, -0.1) is 0 Å². The van der Waals surface area contributed by atoms with E-state index in [2.05, 4.69) is 56.4 Å². The van der Waals surface area contributed by atoms with Crippen LogP contribution >= 0.6 is 7.82 Å². The predicted octanol–water partition coefficient (Wildman–Crippen LogP) is 11.2. The largest absolute Gasteiger partial charge is 0.472 e. The van der Waals surface area contributed by atoms with Crippen LogP contribution in [0.4, 0.5) is 0 Å². The summed E-state index contributed by atoms with van der Waals surface area (Å²) in [6, 6.07) is 0. The lowest BCUT2D eigenvalue weighted by Gasteiger charge is -2.19. The molecule has 2 atom stereocenters. The van der Waals surface area contributed by atoms with Crippen LogP contribution in [0.25, 0.3) is 0 Å². The first-order valence-electron chi connectivity index (χ1n) is 20.1. The van der Waals surface area contributed by atoms with Gasteiger partial charge < -0.3 is 20.1 Å². The number of nitrogens with two attached hydrogens (primary N) is 1. The van der Waals surface area contributed by atoms with Crippen LogP contribution < -0.4 is 5.73 Å². The van der Waals surface area contributed by atoms with E-state index in [1.165, 1.54) is 70.6 Å². The molecule has 0 bridgehead atoms. The summed E-state index contributed by atoms with van der Waals surface area (Å²) in [7, 11) is -4.39. The maximum absolute atomic E-state index is 12.5. The van der Waals surface area contributed by atoms with Crippen molar-refractivity contribution >= 4 is 19.8 Å². The number of carbonyl (C=O) groups is 2. The van der Waals surface area contributed by atoms with Gasteiger partial charge in [-0.1, -0.05) is 133 Å². The molecule has 296 valence electrons. The van der Waals surface area contributed by atoms with Gasteiger partial charge in [0.05, 0.1) is 13.2 Å². The lowest BCUT2D eigenvalue weighted by Crippen LogP contribution is -2.29. The quantitative estimate of drug-likeness (QED) is 0.0276. The molecule has 0 aromatic carbocycles. The van der Waals surface area contributed by atoms with Crippen molar-refractivity contribution in [3.05, 3.63) is 48.6 Å². The molecule has 0 saturated heterocycles. The molecule has 0 rings (SSSR count). The molecule has 0 aromatic rings. The molecule has 0 aliphatic carbocycles. The molecular weight excluding hydrogens is 665 g/mol. The number of unbranched alkanes of at least 4 members (excludes halogenated alkanes) is 16. The van der Waals surface area contributed by atoms with Crippen LogP contribution in [-0.2, 0) is 32.7 Å². The van der Waals surface area contributed by atoms with Gasteiger partial charge in [0.2, 0.25) is 0 Å². The van der Waals surface area contributed by atoms with Crippen molar-refractivity contribution in [2.45, 2.75) is 174 Å². The van der Waals surface area contributed by atoms with Crippen LogP contribution in [0, 0.1) is 0 Å². The highest BCUT2D eigenvalue weighted by Gasteiger charge is 2.25. The second-order valence-corrected chi connectivity index (χ2v) is 14.6. The maximum Gasteiger partial charge on any atom is 0.472 e. The molecule has 0 radical (unpaired) electrons. The molecule has 0 aliphatic rings. The van der Waals surface area contributed by atoms with Crippen LogP contribution in [0.3, 0.4) is 0 Å². The number of esters is 2. The minimum Gasteiger partial charge on any atom is -0.462 e. The molecule has 0 spiro atoms. The molecule has 0 fully saturated rings. The predicted molar refractivity (Wildman–Crippen MR) is 210 cm³/mol. The highest BCUT2D eigenvalue weighted by Crippen LogP contribution is 2.43. The summed E-state index contributed by atoms with van der Waals surface area (Å²) in [4.78, 5) is 34.7. The van der Waals surface area contributed by atoms with Gasteiger partial charge in [-0.25, -0.2) is 4.57 Å². The second kappa shape index (κ2) is 37.7. The molecule has 0 amide bonds. The van der Waals surface area contributed by atoms with Crippen LogP contribution in [0.2, 0.25) is 0 Å². The third kappa shape index (κ3) is 37.5. The average Bonchev–Trinajstić information content (AvgIpc) is 3.11. The van der Waals surface area contributed by atoms with Crippen molar-refractivity contribution in [1.29, 1.82) is 0 Å². The van der Waals surface area contributed by atoms with Gasteiger partial charge in [-0.05, 0) is 70.6 Å². The Morgan fingerprint density at radius 1 is 0.588 bits per heavy atom. The Balaban J connectivity index is 4.31. The van der Waals surface area contributed by atoms with Crippen molar-refractivity contribution in [3.8, 4) is 0 Å². The van der Waals surface area contributed by atoms with Crippen LogP contribution in [0.15, 0.2) is 48.6 Å². The standard InChI is InChI=1S/C41H74NO8P/c1-3-5-7-9-11-13-15-17-18-19-20-22-24-26-28-30-32-34-41(44)50-39(38-49-51(45,46)48-36-35-42)37-47-40(43)33-31-29-27-25-23-21-16-14-12-10-8-6-4-2/h14,16-18,20,22,26,28,39H,3-13,15,19,21,23-25,27,29-38,42H2,1-2H3,(H,45,46)/t39-/m1/s1. The number of allylic oxidation sites excluding steroid dienone is 8. The van der Waals surface area contributed by atoms with E-state index < -0.39 is 32.5 Å². The van der Waals surface area contributed by atoms with E-state index in [-0.39, 0.29) is 32.6 Å². The van der Waals surface area contributed by atoms with Gasteiger partial charge in [0.15, 0.2) is 6.10 Å². The first-order chi connectivity index (χ1) is 24.8. The lowest BCUT2D eigenvalue weighted by atomic mass is 10.1. The Hall–Kier alpha value is -2.03. The number of rotatable bonds is 37. The molecule has 0 saturated carbocycles. The van der Waals surface area contributed by atoms with Gasteiger partial charge in [0, 0.05) is 19.4 Å². The smallest absolute Gasteiger partial charge is 0.462 e. The Morgan fingerprint density at radius 2 is 1.04 bits per heavy atom. The molecular formula is C41H74NO8P. The Bertz CT molecular complexity index is 981. The molecule has 1 unspecified atom stereocenters. The monoisotopic (exact) mass is 740 g/mol. The zero-order valence-electron chi connectivity index (χ0n) is 32.3. The third-order valence-corrected chi connectivity index (χ3v) is 9.17. The summed E-state index contributed by atoms with van der Waals surface area (Å²) in [5, 5.41) is 0. The minimum atomic E-state index is -4.39. The first-order valence-corrected chi connectivity index (χ1v) is 21.6. The second-order valence-electron chi connectivity index (χ2n) is 13.1. The van der Waals surface area contributed by atoms with Crippen LogP contribution in [0.1, 0.15) is 168 Å². The van der Waals surface area contributed by atoms with Crippen molar-refractivity contribution in [3.63, 3.8) is 0 Å². The number of carbonyl (C=O) groups excluding carboxylic acids is 2. The summed E-state index contributed by atoms with van der Waals surface area (Å²) < 4.78 is 32.6. The molecule has 0 heterocycles. The summed E-state index contributed by atoms with van der Waals surface area (Å²) >= 11 is 0. The summed E-state index contributed by atoms with van der Waals surface area (Å²) in [5.41, 5.74) is 5.33. The first kappa shape index (κ1) is 49.0. The van der Waals surface area contributed by atoms with Crippen molar-refractivity contribution < 1.29 is 37.6 Å². The average molecular weight is 740 g/mol. The zero-order chi connectivity index (χ0) is 37.5. The van der Waals surface area contributed by atoms with E-state index in [0.717, 1.165) is 51.4 Å². The van der Waals surface area contributed by atoms with Crippen LogP contribution in [0.5, 0.6) is 0 Å². The fourth-order valence-electron chi connectivity index (χ4n) is 5.17. The molecule has 10 heteroatoms. The maximum atomic E-state index is 12.5. The summed E-state index contributed by atoms with van der Waals surface area (Å²) in [6.45, 7) is 3.63. The summed E-state index contributed by atoms with van der Waals surface area (Å²) in [5.74, 6) is -0.903. The third-order valence-electron chi connectivity index (χ3n) is 8.19. The number of hydrogen-bond donors (Lipinski definition) is 2. The van der Waals surface area contributed by atoms with E-state index >= 15 is 0 Å². The molecule has 0 aromatic heterocycles. The lowest BCUT2D eigenvalue weighted by molar-refractivity contribution is -0.161. The summed E-state index contributed by atoms with van der Waals surface area (Å²) in [6.07, 6.45) is 41.5. The zero-order valence-corrected chi connectivity index (χ0v) is 33.2.